The predicted molar refractivity (Wildman–Crippen MR) is 130 cm³/mol. The smallest absolute Gasteiger partial charge is 0.255 e. The minimum absolute atomic E-state index is 0.274. The molecule has 0 saturated carbocycles. The molecule has 1 amide bonds. The maximum atomic E-state index is 12.7. The van der Waals surface area contributed by atoms with Crippen LogP contribution in [0, 0.1) is 0 Å². The predicted octanol–water partition coefficient (Wildman–Crippen LogP) is 6.98. The van der Waals surface area contributed by atoms with E-state index in [0.717, 1.165) is 31.9 Å². The molecule has 0 fully saturated rings. The Bertz CT molecular complexity index is 1450. The van der Waals surface area contributed by atoms with Crippen molar-refractivity contribution < 1.29 is 4.79 Å². The van der Waals surface area contributed by atoms with E-state index in [2.05, 4.69) is 26.3 Å². The van der Waals surface area contributed by atoms with Crippen molar-refractivity contribution in [1.82, 2.24) is 15.0 Å². The second kappa shape index (κ2) is 8.67. The highest BCUT2D eigenvalue weighted by atomic mass is 35.5. The molecule has 0 aliphatic heterocycles. The lowest BCUT2D eigenvalue weighted by molar-refractivity contribution is 0.102. The zero-order chi connectivity index (χ0) is 22.1. The summed E-state index contributed by atoms with van der Waals surface area (Å²) in [6.07, 6.45) is 5.10. The molecule has 2 aromatic carbocycles. The van der Waals surface area contributed by atoms with Crippen LogP contribution in [0.1, 0.15) is 10.4 Å². The van der Waals surface area contributed by atoms with E-state index >= 15 is 0 Å². The SMILES string of the molecule is O=C(Nc1cccc(-c2ncnc3sc(-c4ccncc4)cc23)c1)c1ccc(Cl)c(Cl)c1. The van der Waals surface area contributed by atoms with Crippen LogP contribution in [0.25, 0.3) is 31.9 Å². The van der Waals surface area contributed by atoms with Gasteiger partial charge in [0, 0.05) is 39.5 Å². The number of nitrogens with one attached hydrogen (secondary N) is 1. The van der Waals surface area contributed by atoms with Gasteiger partial charge in [0.05, 0.1) is 15.7 Å². The molecule has 0 atom stereocenters. The summed E-state index contributed by atoms with van der Waals surface area (Å²) in [5.41, 5.74) is 3.83. The molecular weight excluding hydrogens is 463 g/mol. The Morgan fingerprint density at radius 2 is 1.72 bits per heavy atom. The standard InChI is InChI=1S/C24H14Cl2N4OS/c25-19-5-4-16(11-20(19)26)23(31)30-17-3-1-2-15(10-17)22-18-12-21(14-6-8-27-9-7-14)32-24(18)29-13-28-22/h1-13H,(H,30,31). The summed E-state index contributed by atoms with van der Waals surface area (Å²) in [5, 5.41) is 4.60. The number of rotatable bonds is 4. The number of nitrogens with zero attached hydrogens (tertiary/aromatic N) is 3. The molecule has 5 aromatic rings. The number of hydrogen-bond acceptors (Lipinski definition) is 5. The average molecular weight is 477 g/mol. The van der Waals surface area contributed by atoms with Gasteiger partial charge in [-0.3, -0.25) is 9.78 Å². The third-order valence-electron chi connectivity index (χ3n) is 4.87. The number of halogens is 2. The Hall–Kier alpha value is -3.32. The van der Waals surface area contributed by atoms with E-state index in [1.807, 2.05) is 36.4 Å². The summed E-state index contributed by atoms with van der Waals surface area (Å²) >= 11 is 13.6. The molecule has 3 aromatic heterocycles. The molecule has 1 N–H and O–H groups in total. The Labute approximate surface area is 197 Å². The number of amides is 1. The third-order valence-corrected chi connectivity index (χ3v) is 6.70. The molecule has 0 aliphatic rings. The molecule has 0 bridgehead atoms. The van der Waals surface area contributed by atoms with E-state index in [1.165, 1.54) is 0 Å². The first-order valence-electron chi connectivity index (χ1n) is 9.60. The second-order valence-electron chi connectivity index (χ2n) is 6.95. The zero-order valence-corrected chi connectivity index (χ0v) is 18.7. The summed E-state index contributed by atoms with van der Waals surface area (Å²) in [7, 11) is 0. The van der Waals surface area contributed by atoms with Crippen molar-refractivity contribution >= 4 is 56.3 Å². The first kappa shape index (κ1) is 20.6. The zero-order valence-electron chi connectivity index (χ0n) is 16.4. The fourth-order valence-corrected chi connectivity index (χ4v) is 4.63. The van der Waals surface area contributed by atoms with E-state index in [1.54, 1.807) is 48.3 Å². The van der Waals surface area contributed by atoms with Crippen LogP contribution in [-0.2, 0) is 0 Å². The lowest BCUT2D eigenvalue weighted by Crippen LogP contribution is -2.11. The van der Waals surface area contributed by atoms with Crippen molar-refractivity contribution in [3.63, 3.8) is 0 Å². The number of carbonyl (C=O) groups excluding carboxylic acids is 1. The third kappa shape index (κ3) is 4.08. The van der Waals surface area contributed by atoms with Gasteiger partial charge in [-0.2, -0.15) is 0 Å². The largest absolute Gasteiger partial charge is 0.322 e. The van der Waals surface area contributed by atoms with Gasteiger partial charge >= 0.3 is 0 Å². The van der Waals surface area contributed by atoms with E-state index in [9.17, 15) is 4.79 Å². The van der Waals surface area contributed by atoms with Crippen molar-refractivity contribution in [2.75, 3.05) is 5.32 Å². The summed E-state index contributed by atoms with van der Waals surface area (Å²) in [4.78, 5) is 27.7. The van der Waals surface area contributed by atoms with Crippen LogP contribution in [0.3, 0.4) is 0 Å². The van der Waals surface area contributed by atoms with Crippen LogP contribution in [0.2, 0.25) is 10.0 Å². The summed E-state index contributed by atoms with van der Waals surface area (Å²) in [6.45, 7) is 0. The maximum Gasteiger partial charge on any atom is 0.255 e. The van der Waals surface area contributed by atoms with Gasteiger partial charge in [0.2, 0.25) is 0 Å². The lowest BCUT2D eigenvalue weighted by atomic mass is 10.1. The number of anilines is 1. The molecule has 8 heteroatoms. The van der Waals surface area contributed by atoms with Gasteiger partial charge in [-0.1, -0.05) is 35.3 Å². The molecule has 0 aliphatic carbocycles. The first-order chi connectivity index (χ1) is 15.6. The van der Waals surface area contributed by atoms with Gasteiger partial charge < -0.3 is 5.32 Å². The molecule has 0 radical (unpaired) electrons. The molecule has 32 heavy (non-hydrogen) atoms. The van der Waals surface area contributed by atoms with Gasteiger partial charge in [-0.05, 0) is 54.1 Å². The van der Waals surface area contributed by atoms with Crippen LogP contribution in [-0.4, -0.2) is 20.9 Å². The van der Waals surface area contributed by atoms with Gasteiger partial charge in [-0.25, -0.2) is 9.97 Å². The Morgan fingerprint density at radius 1 is 0.875 bits per heavy atom. The lowest BCUT2D eigenvalue weighted by Gasteiger charge is -2.08. The number of fused-ring (bicyclic) bond motifs is 1. The van der Waals surface area contributed by atoms with Gasteiger partial charge in [0.1, 0.15) is 11.2 Å². The van der Waals surface area contributed by atoms with Crippen molar-refractivity contribution in [2.45, 2.75) is 0 Å². The van der Waals surface area contributed by atoms with Crippen LogP contribution >= 0.6 is 34.5 Å². The van der Waals surface area contributed by atoms with Crippen LogP contribution in [0.4, 0.5) is 5.69 Å². The molecule has 5 rings (SSSR count). The van der Waals surface area contributed by atoms with Gasteiger partial charge in [0.25, 0.3) is 5.91 Å². The van der Waals surface area contributed by atoms with E-state index in [4.69, 9.17) is 23.2 Å². The molecule has 3 heterocycles. The Morgan fingerprint density at radius 3 is 2.53 bits per heavy atom. The number of thiophene rings is 1. The molecular formula is C24H14Cl2N4OS. The fraction of sp³-hybridized carbons (Fsp3) is 0. The molecule has 0 unspecified atom stereocenters. The van der Waals surface area contributed by atoms with Crippen molar-refractivity contribution in [1.29, 1.82) is 0 Å². The summed E-state index contributed by atoms with van der Waals surface area (Å²) in [6, 6.07) is 18.4. The quantitative estimate of drug-likeness (QED) is 0.303. The van der Waals surface area contributed by atoms with E-state index in [0.29, 0.717) is 21.3 Å². The topological polar surface area (TPSA) is 67.8 Å². The van der Waals surface area contributed by atoms with Crippen molar-refractivity contribution in [2.24, 2.45) is 0 Å². The Kier molecular flexibility index (Phi) is 5.57. The monoisotopic (exact) mass is 476 g/mol. The van der Waals surface area contributed by atoms with Crippen LogP contribution in [0.5, 0.6) is 0 Å². The number of aromatic nitrogens is 3. The minimum atomic E-state index is -0.274. The highest BCUT2D eigenvalue weighted by molar-refractivity contribution is 7.21. The van der Waals surface area contributed by atoms with Gasteiger partial charge in [0.15, 0.2) is 0 Å². The van der Waals surface area contributed by atoms with Crippen LogP contribution < -0.4 is 5.32 Å². The molecule has 0 spiro atoms. The average Bonchev–Trinajstić information content (AvgIpc) is 3.26. The Balaban J connectivity index is 1.48. The number of pyridine rings is 1. The highest BCUT2D eigenvalue weighted by Crippen LogP contribution is 2.36. The number of benzene rings is 2. The van der Waals surface area contributed by atoms with Crippen LogP contribution in [0.15, 0.2) is 79.4 Å². The molecule has 5 nitrogen and oxygen atoms in total. The maximum absolute atomic E-state index is 12.7. The second-order valence-corrected chi connectivity index (χ2v) is 8.80. The minimum Gasteiger partial charge on any atom is -0.322 e. The van der Waals surface area contributed by atoms with Crippen molar-refractivity contribution in [3.8, 4) is 21.7 Å². The summed E-state index contributed by atoms with van der Waals surface area (Å²) < 4.78 is 0. The normalized spacial score (nSPS) is 10.9. The number of hydrogen-bond donors (Lipinski definition) is 1. The van der Waals surface area contributed by atoms with E-state index in [-0.39, 0.29) is 5.91 Å². The highest BCUT2D eigenvalue weighted by Gasteiger charge is 2.13. The molecule has 0 saturated heterocycles. The fourth-order valence-electron chi connectivity index (χ4n) is 3.33. The van der Waals surface area contributed by atoms with E-state index < -0.39 is 0 Å². The van der Waals surface area contributed by atoms with Crippen molar-refractivity contribution in [3.05, 3.63) is 95.0 Å². The first-order valence-corrected chi connectivity index (χ1v) is 11.2. The summed E-state index contributed by atoms with van der Waals surface area (Å²) in [5.74, 6) is -0.274. The molecule has 156 valence electrons. The number of carbonyl (C=O) groups is 1. The van der Waals surface area contributed by atoms with Gasteiger partial charge in [-0.15, -0.1) is 11.3 Å².